The summed E-state index contributed by atoms with van der Waals surface area (Å²) in [6.07, 6.45) is 1.22. The zero-order valence-electron chi connectivity index (χ0n) is 11.6. The number of carbonyl (C=O) groups excluding carboxylic acids is 2. The van der Waals surface area contributed by atoms with Crippen LogP contribution in [0, 0.1) is 0 Å². The first kappa shape index (κ1) is 14.3. The summed E-state index contributed by atoms with van der Waals surface area (Å²) in [7, 11) is 0. The Kier molecular flexibility index (Phi) is 5.15. The van der Waals surface area contributed by atoms with Gasteiger partial charge in [0.2, 0.25) is 11.8 Å². The van der Waals surface area contributed by atoms with E-state index in [4.69, 9.17) is 4.74 Å². The number of nitrogens with zero attached hydrogens (tertiary/aromatic N) is 2. The van der Waals surface area contributed by atoms with Crippen molar-refractivity contribution in [2.45, 2.75) is 25.8 Å². The van der Waals surface area contributed by atoms with E-state index in [1.165, 1.54) is 0 Å². The monoisotopic (exact) mass is 269 g/mol. The fraction of sp³-hybridized carbons (Fsp3) is 0.846. The lowest BCUT2D eigenvalue weighted by molar-refractivity contribution is -0.142. The molecular weight excluding hydrogens is 246 g/mol. The third kappa shape index (κ3) is 3.67. The van der Waals surface area contributed by atoms with Crippen molar-refractivity contribution in [3.63, 3.8) is 0 Å². The average molecular weight is 269 g/mol. The summed E-state index contributed by atoms with van der Waals surface area (Å²) in [5, 5.41) is 3.16. The molecule has 6 nitrogen and oxygen atoms in total. The molecule has 1 atom stereocenters. The highest BCUT2D eigenvalue weighted by molar-refractivity contribution is 5.89. The minimum absolute atomic E-state index is 0.0486. The third-order valence-electron chi connectivity index (χ3n) is 3.62. The van der Waals surface area contributed by atoms with Crippen LogP contribution >= 0.6 is 0 Å². The summed E-state index contributed by atoms with van der Waals surface area (Å²) >= 11 is 0. The average Bonchev–Trinajstić information content (AvgIpc) is 2.44. The van der Waals surface area contributed by atoms with Crippen molar-refractivity contribution in [3.8, 4) is 0 Å². The fourth-order valence-corrected chi connectivity index (χ4v) is 2.56. The molecule has 2 fully saturated rings. The molecule has 19 heavy (non-hydrogen) atoms. The summed E-state index contributed by atoms with van der Waals surface area (Å²) in [6.45, 7) is 6.82. The molecule has 108 valence electrons. The van der Waals surface area contributed by atoms with Gasteiger partial charge >= 0.3 is 0 Å². The molecule has 2 amide bonds. The number of amides is 2. The molecule has 0 radical (unpaired) electrons. The molecule has 6 heteroatoms. The molecule has 0 spiro atoms. The van der Waals surface area contributed by atoms with Gasteiger partial charge in [0.25, 0.3) is 0 Å². The second-order valence-electron chi connectivity index (χ2n) is 5.03. The molecule has 1 N–H and O–H groups in total. The largest absolute Gasteiger partial charge is 0.378 e. The standard InChI is InChI=1S/C13H23N3O3/c1-2-4-16-5-3-14-11(13(16)18)10-12(17)15-6-8-19-9-7-15/h11,14H,2-10H2,1H3. The van der Waals surface area contributed by atoms with Gasteiger partial charge in [0.1, 0.15) is 0 Å². The van der Waals surface area contributed by atoms with Gasteiger partial charge in [-0.2, -0.15) is 0 Å². The first-order chi connectivity index (χ1) is 9.22. The Morgan fingerprint density at radius 3 is 2.79 bits per heavy atom. The lowest BCUT2D eigenvalue weighted by Gasteiger charge is -2.34. The molecule has 0 aromatic heterocycles. The maximum Gasteiger partial charge on any atom is 0.240 e. The third-order valence-corrected chi connectivity index (χ3v) is 3.62. The smallest absolute Gasteiger partial charge is 0.240 e. The van der Waals surface area contributed by atoms with Crippen molar-refractivity contribution >= 4 is 11.8 Å². The Hall–Kier alpha value is -1.14. The van der Waals surface area contributed by atoms with Gasteiger partial charge in [0.15, 0.2) is 0 Å². The lowest BCUT2D eigenvalue weighted by Crippen LogP contribution is -2.56. The molecule has 0 aliphatic carbocycles. The van der Waals surface area contributed by atoms with Crippen LogP contribution < -0.4 is 5.32 Å². The van der Waals surface area contributed by atoms with Crippen molar-refractivity contribution in [2.24, 2.45) is 0 Å². The molecule has 2 rings (SSSR count). The number of hydrogen-bond donors (Lipinski definition) is 1. The number of piperazine rings is 1. The van der Waals surface area contributed by atoms with E-state index in [2.05, 4.69) is 12.2 Å². The molecular formula is C13H23N3O3. The predicted octanol–water partition coefficient (Wildman–Crippen LogP) is -0.554. The highest BCUT2D eigenvalue weighted by Crippen LogP contribution is 2.09. The van der Waals surface area contributed by atoms with Gasteiger partial charge < -0.3 is 19.9 Å². The van der Waals surface area contributed by atoms with Crippen LogP contribution in [0.2, 0.25) is 0 Å². The number of hydrogen-bond acceptors (Lipinski definition) is 4. The lowest BCUT2D eigenvalue weighted by atomic mass is 10.1. The normalized spacial score (nSPS) is 24.7. The van der Waals surface area contributed by atoms with Crippen LogP contribution in [0.5, 0.6) is 0 Å². The maximum atomic E-state index is 12.2. The zero-order valence-corrected chi connectivity index (χ0v) is 11.6. The van der Waals surface area contributed by atoms with Crippen molar-refractivity contribution in [2.75, 3.05) is 45.9 Å². The SMILES string of the molecule is CCCN1CCNC(CC(=O)N2CCOCC2)C1=O. The molecule has 0 bridgehead atoms. The Balaban J connectivity index is 1.86. The van der Waals surface area contributed by atoms with Gasteiger partial charge in [-0.1, -0.05) is 6.92 Å². The Morgan fingerprint density at radius 2 is 2.11 bits per heavy atom. The molecule has 2 aliphatic heterocycles. The first-order valence-corrected chi connectivity index (χ1v) is 7.10. The van der Waals surface area contributed by atoms with E-state index >= 15 is 0 Å². The summed E-state index contributed by atoms with van der Waals surface area (Å²) in [5.41, 5.74) is 0. The summed E-state index contributed by atoms with van der Waals surface area (Å²) in [5.74, 6) is 0.113. The van der Waals surface area contributed by atoms with E-state index in [0.29, 0.717) is 26.3 Å². The van der Waals surface area contributed by atoms with Crippen LogP contribution in [0.4, 0.5) is 0 Å². The van der Waals surface area contributed by atoms with Crippen molar-refractivity contribution in [1.29, 1.82) is 0 Å². The number of ether oxygens (including phenoxy) is 1. The quantitative estimate of drug-likeness (QED) is 0.743. The van der Waals surface area contributed by atoms with Crippen molar-refractivity contribution in [3.05, 3.63) is 0 Å². The number of carbonyl (C=O) groups is 2. The van der Waals surface area contributed by atoms with Crippen LogP contribution in [0.25, 0.3) is 0 Å². The maximum absolute atomic E-state index is 12.2. The highest BCUT2D eigenvalue weighted by Gasteiger charge is 2.31. The van der Waals surface area contributed by atoms with E-state index in [0.717, 1.165) is 26.1 Å². The van der Waals surface area contributed by atoms with Crippen molar-refractivity contribution < 1.29 is 14.3 Å². The van der Waals surface area contributed by atoms with Crippen LogP contribution in [-0.2, 0) is 14.3 Å². The second kappa shape index (κ2) is 6.86. The summed E-state index contributed by atoms with van der Waals surface area (Å²) < 4.78 is 5.23. The van der Waals surface area contributed by atoms with Crippen LogP contribution in [-0.4, -0.2) is 73.6 Å². The number of nitrogens with one attached hydrogen (secondary N) is 1. The first-order valence-electron chi connectivity index (χ1n) is 7.10. The highest BCUT2D eigenvalue weighted by atomic mass is 16.5. The van der Waals surface area contributed by atoms with Gasteiger partial charge in [-0.15, -0.1) is 0 Å². The second-order valence-corrected chi connectivity index (χ2v) is 5.03. The van der Waals surface area contributed by atoms with E-state index < -0.39 is 0 Å². The van der Waals surface area contributed by atoms with Gasteiger partial charge in [0.05, 0.1) is 25.7 Å². The van der Waals surface area contributed by atoms with Crippen LogP contribution in [0.15, 0.2) is 0 Å². The topological polar surface area (TPSA) is 61.9 Å². The Labute approximate surface area is 114 Å². The van der Waals surface area contributed by atoms with Crippen LogP contribution in [0.1, 0.15) is 19.8 Å². The molecule has 2 aliphatic rings. The minimum Gasteiger partial charge on any atom is -0.378 e. The van der Waals surface area contributed by atoms with E-state index in [1.54, 1.807) is 4.90 Å². The minimum atomic E-state index is -0.351. The van der Waals surface area contributed by atoms with Gasteiger partial charge in [-0.05, 0) is 6.42 Å². The number of morpholine rings is 1. The zero-order chi connectivity index (χ0) is 13.7. The molecule has 0 saturated carbocycles. The summed E-state index contributed by atoms with van der Waals surface area (Å²) in [4.78, 5) is 28.0. The van der Waals surface area contributed by atoms with Crippen LogP contribution in [0.3, 0.4) is 0 Å². The fourth-order valence-electron chi connectivity index (χ4n) is 2.56. The van der Waals surface area contributed by atoms with E-state index in [-0.39, 0.29) is 24.3 Å². The Bertz CT molecular complexity index is 327. The molecule has 0 aromatic carbocycles. The Morgan fingerprint density at radius 1 is 1.37 bits per heavy atom. The summed E-state index contributed by atoms with van der Waals surface area (Å²) in [6, 6.07) is -0.351. The molecule has 2 saturated heterocycles. The molecule has 2 heterocycles. The molecule has 1 unspecified atom stereocenters. The van der Waals surface area contributed by atoms with Gasteiger partial charge in [-0.3, -0.25) is 9.59 Å². The van der Waals surface area contributed by atoms with Gasteiger partial charge in [0, 0.05) is 32.7 Å². The predicted molar refractivity (Wildman–Crippen MR) is 70.7 cm³/mol. The number of rotatable bonds is 4. The van der Waals surface area contributed by atoms with E-state index in [9.17, 15) is 9.59 Å². The van der Waals surface area contributed by atoms with E-state index in [1.807, 2.05) is 4.90 Å². The van der Waals surface area contributed by atoms with Gasteiger partial charge in [-0.25, -0.2) is 0 Å². The van der Waals surface area contributed by atoms with Crippen molar-refractivity contribution in [1.82, 2.24) is 15.1 Å². The molecule has 0 aromatic rings.